The smallest absolute Gasteiger partial charge is 0.416 e. The third-order valence-corrected chi connectivity index (χ3v) is 2.95. The van der Waals surface area contributed by atoms with E-state index >= 15 is 0 Å². The molecule has 2 nitrogen and oxygen atoms in total. The van der Waals surface area contributed by atoms with Gasteiger partial charge < -0.3 is 4.74 Å². The Bertz CT molecular complexity index is 533. The molecular weight excluding hydrogens is 337 g/mol. The molecule has 0 atom stereocenters. The quantitative estimate of drug-likeness (QED) is 0.453. The monoisotopic (exact) mass is 348 g/mol. The van der Waals surface area contributed by atoms with Crippen molar-refractivity contribution in [2.75, 3.05) is 6.61 Å². The van der Waals surface area contributed by atoms with Crippen molar-refractivity contribution in [2.45, 2.75) is 13.1 Å². The van der Waals surface area contributed by atoms with E-state index in [2.05, 4.69) is 20.7 Å². The van der Waals surface area contributed by atoms with Crippen molar-refractivity contribution in [1.82, 2.24) is 0 Å². The summed E-state index contributed by atoms with van der Waals surface area (Å²) in [4.78, 5) is 11.0. The highest BCUT2D eigenvalue weighted by atomic mass is 79.9. The average Bonchev–Trinajstić information content (AvgIpc) is 2.38. The van der Waals surface area contributed by atoms with Gasteiger partial charge in [-0.3, -0.25) is 0 Å². The lowest BCUT2D eigenvalue weighted by molar-refractivity contribution is -0.138. The summed E-state index contributed by atoms with van der Waals surface area (Å²) in [6.07, 6.45) is -0.308. The molecule has 108 valence electrons. The summed E-state index contributed by atoms with van der Waals surface area (Å²) in [5, 5.41) is 0. The summed E-state index contributed by atoms with van der Waals surface area (Å²) in [5.74, 6) is -0.506. The minimum atomic E-state index is -4.38. The molecule has 0 aromatic heterocycles. The number of rotatable bonds is 4. The van der Waals surface area contributed by atoms with E-state index in [9.17, 15) is 18.0 Å². The summed E-state index contributed by atoms with van der Waals surface area (Å²) in [5.41, 5.74) is -0.358. The van der Waals surface area contributed by atoms with Crippen LogP contribution in [0.5, 0.6) is 0 Å². The SMILES string of the molecule is CCOC(=O)/C=C/C=C(\Br)c1cccc(C(F)(F)F)c1. The van der Waals surface area contributed by atoms with Crippen molar-refractivity contribution in [3.63, 3.8) is 0 Å². The van der Waals surface area contributed by atoms with Crippen molar-refractivity contribution in [3.8, 4) is 0 Å². The number of halogens is 4. The third kappa shape index (κ3) is 5.21. The minimum absolute atomic E-state index is 0.266. The third-order valence-electron chi connectivity index (χ3n) is 2.23. The van der Waals surface area contributed by atoms with Gasteiger partial charge in [0.1, 0.15) is 0 Å². The van der Waals surface area contributed by atoms with Crippen LogP contribution in [-0.4, -0.2) is 12.6 Å². The molecule has 1 rings (SSSR count). The Balaban J connectivity index is 2.87. The number of carbonyl (C=O) groups is 1. The van der Waals surface area contributed by atoms with Crippen LogP contribution in [-0.2, 0) is 15.7 Å². The second-order valence-electron chi connectivity index (χ2n) is 3.70. The van der Waals surface area contributed by atoms with E-state index in [1.807, 2.05) is 0 Å². The van der Waals surface area contributed by atoms with E-state index in [-0.39, 0.29) is 6.61 Å². The highest BCUT2D eigenvalue weighted by molar-refractivity contribution is 9.15. The van der Waals surface area contributed by atoms with E-state index in [0.29, 0.717) is 10.0 Å². The molecule has 0 fully saturated rings. The molecule has 0 heterocycles. The lowest BCUT2D eigenvalue weighted by Crippen LogP contribution is -2.04. The zero-order valence-electron chi connectivity index (χ0n) is 10.6. The molecule has 0 aliphatic carbocycles. The summed E-state index contributed by atoms with van der Waals surface area (Å²) >= 11 is 3.17. The molecule has 1 aromatic carbocycles. The molecular formula is C14H12BrF3O2. The molecule has 0 N–H and O–H groups in total. The van der Waals surface area contributed by atoms with Crippen LogP contribution in [0.25, 0.3) is 4.48 Å². The van der Waals surface area contributed by atoms with Crippen molar-refractivity contribution in [1.29, 1.82) is 0 Å². The zero-order valence-corrected chi connectivity index (χ0v) is 12.2. The maximum Gasteiger partial charge on any atom is 0.416 e. The predicted octanol–water partition coefficient (Wildman–Crippen LogP) is 4.56. The van der Waals surface area contributed by atoms with Gasteiger partial charge in [-0.2, -0.15) is 13.2 Å². The van der Waals surface area contributed by atoms with Crippen LogP contribution in [0, 0.1) is 0 Å². The molecule has 0 saturated carbocycles. The topological polar surface area (TPSA) is 26.3 Å². The lowest BCUT2D eigenvalue weighted by Gasteiger charge is -2.08. The Morgan fingerprint density at radius 2 is 2.10 bits per heavy atom. The Morgan fingerprint density at radius 1 is 1.40 bits per heavy atom. The Kier molecular flexibility index (Phi) is 6.01. The predicted molar refractivity (Wildman–Crippen MR) is 74.1 cm³/mol. The molecule has 0 radical (unpaired) electrons. The van der Waals surface area contributed by atoms with Crippen molar-refractivity contribution >= 4 is 26.4 Å². The molecule has 0 aliphatic heterocycles. The first-order valence-electron chi connectivity index (χ1n) is 5.73. The maximum atomic E-state index is 12.6. The van der Waals surface area contributed by atoms with Gasteiger partial charge in [0.15, 0.2) is 0 Å². The second kappa shape index (κ2) is 7.28. The standard InChI is InChI=1S/C14H12BrF3O2/c1-2-20-13(19)8-4-7-12(15)10-5-3-6-11(9-10)14(16,17)18/h3-9H,2H2,1H3/b8-4+,12-7-. The van der Waals surface area contributed by atoms with Crippen LogP contribution in [0.2, 0.25) is 0 Å². The van der Waals surface area contributed by atoms with E-state index in [1.165, 1.54) is 30.4 Å². The Labute approximate surface area is 123 Å². The molecule has 0 amide bonds. The number of esters is 1. The van der Waals surface area contributed by atoms with Gasteiger partial charge in [-0.15, -0.1) is 0 Å². The van der Waals surface area contributed by atoms with E-state index in [0.717, 1.165) is 12.1 Å². The summed E-state index contributed by atoms with van der Waals surface area (Å²) in [6.45, 7) is 1.95. The largest absolute Gasteiger partial charge is 0.463 e. The van der Waals surface area contributed by atoms with Gasteiger partial charge in [0.25, 0.3) is 0 Å². The van der Waals surface area contributed by atoms with Crippen LogP contribution in [0.3, 0.4) is 0 Å². The average molecular weight is 349 g/mol. The molecule has 0 bridgehead atoms. The maximum absolute atomic E-state index is 12.6. The normalized spacial score (nSPS) is 12.8. The van der Waals surface area contributed by atoms with Gasteiger partial charge in [-0.05, 0) is 30.7 Å². The fourth-order valence-electron chi connectivity index (χ4n) is 1.34. The number of carbonyl (C=O) groups excluding carboxylic acids is 1. The molecule has 1 aromatic rings. The fourth-order valence-corrected chi connectivity index (χ4v) is 1.74. The Morgan fingerprint density at radius 3 is 2.70 bits per heavy atom. The van der Waals surface area contributed by atoms with Crippen LogP contribution in [0.1, 0.15) is 18.1 Å². The first-order chi connectivity index (χ1) is 9.34. The number of ether oxygens (including phenoxy) is 1. The first kappa shape index (κ1) is 16.5. The zero-order chi connectivity index (χ0) is 15.2. The molecule has 0 spiro atoms. The lowest BCUT2D eigenvalue weighted by atomic mass is 10.1. The van der Waals surface area contributed by atoms with Gasteiger partial charge in [0.05, 0.1) is 12.2 Å². The van der Waals surface area contributed by atoms with Gasteiger partial charge in [0, 0.05) is 10.6 Å². The molecule has 20 heavy (non-hydrogen) atoms. The molecule has 0 aliphatic rings. The van der Waals surface area contributed by atoms with Gasteiger partial charge in [-0.1, -0.05) is 34.1 Å². The second-order valence-corrected chi connectivity index (χ2v) is 4.56. The Hall–Kier alpha value is -1.56. The number of alkyl halides is 3. The molecule has 0 unspecified atom stereocenters. The van der Waals surface area contributed by atoms with Gasteiger partial charge in [-0.25, -0.2) is 4.79 Å². The summed E-state index contributed by atoms with van der Waals surface area (Å²) < 4.78 is 42.8. The van der Waals surface area contributed by atoms with Crippen molar-refractivity contribution in [3.05, 3.63) is 53.6 Å². The summed E-state index contributed by atoms with van der Waals surface area (Å²) in [7, 11) is 0. The van der Waals surface area contributed by atoms with Crippen molar-refractivity contribution in [2.24, 2.45) is 0 Å². The van der Waals surface area contributed by atoms with Crippen LogP contribution < -0.4 is 0 Å². The number of allylic oxidation sites excluding steroid dienone is 2. The van der Waals surface area contributed by atoms with E-state index in [1.54, 1.807) is 6.92 Å². The molecule has 6 heteroatoms. The van der Waals surface area contributed by atoms with Crippen LogP contribution in [0.4, 0.5) is 13.2 Å². The summed E-state index contributed by atoms with van der Waals surface area (Å²) in [6, 6.07) is 4.88. The highest BCUT2D eigenvalue weighted by Crippen LogP contribution is 2.32. The number of hydrogen-bond acceptors (Lipinski definition) is 2. The number of hydrogen-bond donors (Lipinski definition) is 0. The number of benzene rings is 1. The van der Waals surface area contributed by atoms with Crippen LogP contribution in [0.15, 0.2) is 42.5 Å². The van der Waals surface area contributed by atoms with Gasteiger partial charge in [0.2, 0.25) is 0 Å². The van der Waals surface area contributed by atoms with E-state index < -0.39 is 17.7 Å². The minimum Gasteiger partial charge on any atom is -0.463 e. The first-order valence-corrected chi connectivity index (χ1v) is 6.52. The molecule has 0 saturated heterocycles. The van der Waals surface area contributed by atoms with Crippen molar-refractivity contribution < 1.29 is 22.7 Å². The van der Waals surface area contributed by atoms with Crippen LogP contribution >= 0.6 is 15.9 Å². The van der Waals surface area contributed by atoms with E-state index in [4.69, 9.17) is 0 Å². The highest BCUT2D eigenvalue weighted by Gasteiger charge is 2.30. The fraction of sp³-hybridized carbons (Fsp3) is 0.214. The van der Waals surface area contributed by atoms with Gasteiger partial charge >= 0.3 is 12.1 Å².